The largest absolute Gasteiger partial charge is 0.493 e. The van der Waals surface area contributed by atoms with Crippen LogP contribution in [0.25, 0.3) is 11.3 Å². The number of carbonyl (C=O) groups is 2. The van der Waals surface area contributed by atoms with E-state index < -0.39 is 17.0 Å². The monoisotopic (exact) mass is 541 g/mol. The topological polar surface area (TPSA) is 104 Å². The van der Waals surface area contributed by atoms with Crippen molar-refractivity contribution in [1.29, 1.82) is 0 Å². The maximum atomic E-state index is 12.6. The summed E-state index contributed by atoms with van der Waals surface area (Å²) in [7, 11) is 1.58. The Morgan fingerprint density at radius 3 is 2.26 bits per heavy atom. The molecule has 0 unspecified atom stereocenters. The predicted molar refractivity (Wildman–Crippen MR) is 151 cm³/mol. The number of hydrogen-bond acceptors (Lipinski definition) is 6. The molecular formula is C31H43NO7. The van der Waals surface area contributed by atoms with Gasteiger partial charge in [-0.05, 0) is 63.1 Å². The normalized spacial score (nSPS) is 14.8. The fraction of sp³-hybridized carbons (Fsp3) is 0.581. The summed E-state index contributed by atoms with van der Waals surface area (Å²) in [6.45, 7) is 12.5. The van der Waals surface area contributed by atoms with Crippen molar-refractivity contribution in [3.63, 3.8) is 0 Å². The number of hydrogen-bond donors (Lipinski definition) is 1. The molecule has 0 bridgehead atoms. The van der Waals surface area contributed by atoms with Crippen molar-refractivity contribution in [2.75, 3.05) is 13.7 Å². The number of benzene rings is 1. The molecule has 39 heavy (non-hydrogen) atoms. The number of aromatic nitrogens is 1. The van der Waals surface area contributed by atoms with Gasteiger partial charge in [0.15, 0.2) is 16.9 Å². The van der Waals surface area contributed by atoms with Gasteiger partial charge in [0, 0.05) is 30.3 Å². The standard InChI is InChI=1S/C31H43NO7/c1-30(2,3)27-16-20-15-26(38-14-12-10-8-9-11-13-28(34)39-31(4,5)6)25(37-7)17-21(20)23-18-24(33)22(29(35)36)19-32(23)27/h15,17-19,27H,8-14,16H2,1-7H3,(H,35,36)/t27-/m1/s1. The van der Waals surface area contributed by atoms with Crippen molar-refractivity contribution >= 4 is 11.9 Å². The molecule has 1 aromatic carbocycles. The molecule has 1 aliphatic rings. The lowest BCUT2D eigenvalue weighted by Gasteiger charge is -2.39. The fourth-order valence-corrected chi connectivity index (χ4v) is 4.97. The number of carboxylic acids is 1. The molecule has 1 atom stereocenters. The zero-order valence-electron chi connectivity index (χ0n) is 24.4. The maximum Gasteiger partial charge on any atom is 0.341 e. The third kappa shape index (κ3) is 7.87. The average Bonchev–Trinajstić information content (AvgIpc) is 2.82. The minimum absolute atomic E-state index is 0.0411. The van der Waals surface area contributed by atoms with Crippen molar-refractivity contribution < 1.29 is 28.9 Å². The average molecular weight is 542 g/mol. The van der Waals surface area contributed by atoms with Gasteiger partial charge in [-0.2, -0.15) is 0 Å². The van der Waals surface area contributed by atoms with Crippen LogP contribution in [0.4, 0.5) is 0 Å². The molecule has 1 aromatic heterocycles. The first-order valence-electron chi connectivity index (χ1n) is 13.8. The molecule has 0 amide bonds. The van der Waals surface area contributed by atoms with Crippen molar-refractivity contribution in [2.45, 2.75) is 98.1 Å². The highest BCUT2D eigenvalue weighted by Crippen LogP contribution is 2.45. The van der Waals surface area contributed by atoms with E-state index in [4.69, 9.17) is 14.2 Å². The second-order valence-electron chi connectivity index (χ2n) is 12.3. The van der Waals surface area contributed by atoms with Crippen LogP contribution in [0.2, 0.25) is 0 Å². The summed E-state index contributed by atoms with van der Waals surface area (Å²) in [4.78, 5) is 36.1. The van der Waals surface area contributed by atoms with E-state index in [9.17, 15) is 19.5 Å². The summed E-state index contributed by atoms with van der Waals surface area (Å²) in [6.07, 6.45) is 7.28. The first kappa shape index (κ1) is 30.3. The highest BCUT2D eigenvalue weighted by atomic mass is 16.6. The molecule has 0 aliphatic carbocycles. The molecule has 1 aliphatic heterocycles. The van der Waals surface area contributed by atoms with Crippen LogP contribution in [0.15, 0.2) is 29.2 Å². The molecule has 8 nitrogen and oxygen atoms in total. The van der Waals surface area contributed by atoms with E-state index >= 15 is 0 Å². The summed E-state index contributed by atoms with van der Waals surface area (Å²) in [5.74, 6) is -0.139. The second kappa shape index (κ2) is 12.3. The van der Waals surface area contributed by atoms with Crippen LogP contribution in [0.3, 0.4) is 0 Å². The second-order valence-corrected chi connectivity index (χ2v) is 12.3. The Labute approximate surface area is 231 Å². The van der Waals surface area contributed by atoms with Crippen LogP contribution in [-0.2, 0) is 16.0 Å². The Balaban J connectivity index is 1.67. The molecule has 1 N–H and O–H groups in total. The lowest BCUT2D eigenvalue weighted by molar-refractivity contribution is -0.154. The molecule has 0 saturated carbocycles. The zero-order valence-corrected chi connectivity index (χ0v) is 24.4. The first-order valence-corrected chi connectivity index (χ1v) is 13.8. The number of pyridine rings is 1. The molecule has 3 rings (SSSR count). The van der Waals surface area contributed by atoms with Crippen molar-refractivity contribution in [3.8, 4) is 22.8 Å². The zero-order chi connectivity index (χ0) is 29.0. The van der Waals surface area contributed by atoms with E-state index in [1.807, 2.05) is 37.5 Å². The number of carboxylic acid groups (broad SMARTS) is 1. The molecular weight excluding hydrogens is 498 g/mol. The van der Waals surface area contributed by atoms with Crippen LogP contribution in [0.1, 0.15) is 102 Å². The van der Waals surface area contributed by atoms with Gasteiger partial charge < -0.3 is 23.9 Å². The van der Waals surface area contributed by atoms with Crippen LogP contribution >= 0.6 is 0 Å². The van der Waals surface area contributed by atoms with E-state index in [0.29, 0.717) is 36.6 Å². The minimum Gasteiger partial charge on any atom is -0.493 e. The number of carbonyl (C=O) groups excluding carboxylic acids is 1. The van der Waals surface area contributed by atoms with Crippen molar-refractivity contribution in [2.24, 2.45) is 5.41 Å². The van der Waals surface area contributed by atoms with Gasteiger partial charge in [0.25, 0.3) is 0 Å². The van der Waals surface area contributed by atoms with Crippen LogP contribution in [0.5, 0.6) is 11.5 Å². The van der Waals surface area contributed by atoms with E-state index in [1.165, 1.54) is 12.3 Å². The molecule has 2 heterocycles. The highest BCUT2D eigenvalue weighted by Gasteiger charge is 2.34. The van der Waals surface area contributed by atoms with Gasteiger partial charge in [-0.15, -0.1) is 0 Å². The Morgan fingerprint density at radius 1 is 0.974 bits per heavy atom. The number of nitrogens with zero attached hydrogens (tertiary/aromatic N) is 1. The minimum atomic E-state index is -1.22. The van der Waals surface area contributed by atoms with Gasteiger partial charge in [0.1, 0.15) is 11.2 Å². The van der Waals surface area contributed by atoms with E-state index in [0.717, 1.165) is 43.2 Å². The quantitative estimate of drug-likeness (QED) is 0.258. The molecule has 0 spiro atoms. The Morgan fingerprint density at radius 2 is 1.64 bits per heavy atom. The summed E-state index contributed by atoms with van der Waals surface area (Å²) >= 11 is 0. The molecule has 0 saturated heterocycles. The third-order valence-corrected chi connectivity index (χ3v) is 6.93. The summed E-state index contributed by atoms with van der Waals surface area (Å²) in [5, 5.41) is 9.52. The Kier molecular flexibility index (Phi) is 9.51. The first-order chi connectivity index (χ1) is 18.2. The number of unbranched alkanes of at least 4 members (excludes halogenated alkanes) is 4. The van der Waals surface area contributed by atoms with Crippen molar-refractivity contribution in [1.82, 2.24) is 4.57 Å². The number of methoxy groups -OCH3 is 1. The van der Waals surface area contributed by atoms with E-state index in [1.54, 1.807) is 7.11 Å². The maximum absolute atomic E-state index is 12.6. The lowest BCUT2D eigenvalue weighted by Crippen LogP contribution is -2.32. The number of aromatic carboxylic acids is 1. The molecule has 214 valence electrons. The number of fused-ring (bicyclic) bond motifs is 3. The third-order valence-electron chi connectivity index (χ3n) is 6.93. The van der Waals surface area contributed by atoms with Crippen LogP contribution in [0, 0.1) is 5.41 Å². The molecule has 2 aromatic rings. The lowest BCUT2D eigenvalue weighted by atomic mass is 9.78. The number of rotatable bonds is 11. The van der Waals surface area contributed by atoms with E-state index in [-0.39, 0.29) is 23.0 Å². The van der Waals surface area contributed by atoms with Gasteiger partial charge in [0.05, 0.1) is 19.4 Å². The van der Waals surface area contributed by atoms with E-state index in [2.05, 4.69) is 20.8 Å². The van der Waals surface area contributed by atoms with Gasteiger partial charge in [-0.25, -0.2) is 4.79 Å². The predicted octanol–water partition coefficient (Wildman–Crippen LogP) is 6.43. The smallest absolute Gasteiger partial charge is 0.341 e. The SMILES string of the molecule is COc1cc2c(cc1OCCCCCCCC(=O)OC(C)(C)C)C[C@H](C(C)(C)C)n1cc(C(=O)O)c(=O)cc1-2. The highest BCUT2D eigenvalue weighted by molar-refractivity contribution is 5.88. The fourth-order valence-electron chi connectivity index (χ4n) is 4.97. The summed E-state index contributed by atoms with van der Waals surface area (Å²) < 4.78 is 19.0. The molecule has 8 heteroatoms. The summed E-state index contributed by atoms with van der Waals surface area (Å²) in [6, 6.07) is 5.25. The Bertz CT molecular complexity index is 1250. The number of ether oxygens (including phenoxy) is 3. The van der Waals surface area contributed by atoms with Crippen LogP contribution < -0.4 is 14.9 Å². The van der Waals surface area contributed by atoms with Gasteiger partial charge >= 0.3 is 11.9 Å². The van der Waals surface area contributed by atoms with Gasteiger partial charge in [0.2, 0.25) is 0 Å². The van der Waals surface area contributed by atoms with Crippen molar-refractivity contribution in [3.05, 3.63) is 45.7 Å². The van der Waals surface area contributed by atoms with Crippen LogP contribution in [-0.4, -0.2) is 40.9 Å². The number of esters is 1. The molecule has 0 fully saturated rings. The van der Waals surface area contributed by atoms with Gasteiger partial charge in [-0.3, -0.25) is 9.59 Å². The van der Waals surface area contributed by atoms with Gasteiger partial charge in [-0.1, -0.05) is 40.0 Å². The molecule has 0 radical (unpaired) electrons. The Hall–Kier alpha value is -3.29. The summed E-state index contributed by atoms with van der Waals surface area (Å²) in [5.41, 5.74) is 1.21.